The molecule has 3 fully saturated rings. The molecule has 2 unspecified atom stereocenters. The van der Waals surface area contributed by atoms with Crippen LogP contribution in [0.1, 0.15) is 55.3 Å². The van der Waals surface area contributed by atoms with Crippen LogP contribution in [0.4, 0.5) is 4.39 Å². The van der Waals surface area contributed by atoms with Crippen molar-refractivity contribution in [2.24, 2.45) is 11.8 Å². The molecule has 0 aromatic heterocycles. The zero-order chi connectivity index (χ0) is 22.0. The van der Waals surface area contributed by atoms with E-state index in [9.17, 15) is 23.6 Å². The van der Waals surface area contributed by atoms with E-state index < -0.39 is 0 Å². The summed E-state index contributed by atoms with van der Waals surface area (Å²) in [5, 5.41) is 2.93. The molecule has 1 aromatic rings. The molecular weight excluding hydrogens is 401 g/mol. The Morgan fingerprint density at radius 2 is 1.52 bits per heavy atom. The molecule has 8 heteroatoms. The highest BCUT2D eigenvalue weighted by Crippen LogP contribution is 2.38. The molecule has 1 aliphatic carbocycles. The fraction of sp³-hybridized carbons (Fsp3) is 0.565. The largest absolute Gasteiger partial charge is 0.349 e. The van der Waals surface area contributed by atoms with Gasteiger partial charge in [0.15, 0.2) is 0 Å². The first-order chi connectivity index (χ1) is 14.9. The molecule has 31 heavy (non-hydrogen) atoms. The van der Waals surface area contributed by atoms with Crippen LogP contribution in [-0.2, 0) is 14.4 Å². The molecule has 2 heterocycles. The van der Waals surface area contributed by atoms with Crippen LogP contribution in [0.3, 0.4) is 0 Å². The second-order valence-electron chi connectivity index (χ2n) is 8.71. The Kier molecular flexibility index (Phi) is 6.34. The van der Waals surface area contributed by atoms with Crippen LogP contribution >= 0.6 is 0 Å². The molecule has 0 spiro atoms. The van der Waals surface area contributed by atoms with E-state index in [1.165, 1.54) is 29.2 Å². The van der Waals surface area contributed by atoms with Crippen molar-refractivity contribution in [1.29, 1.82) is 0 Å². The molecule has 7 nitrogen and oxygen atoms in total. The number of rotatable bonds is 5. The standard InChI is InChI=1S/C23H28FN3O4/c24-16-7-5-15(6-8-16)21(29)25-17-9-12-26(13-10-17)20(28)11-14-27-22(30)18-3-1-2-4-19(18)23(27)31/h5-8,17-19H,1-4,9-14H2,(H,25,29). The van der Waals surface area contributed by atoms with Crippen LogP contribution in [0.2, 0.25) is 0 Å². The third-order valence-electron chi connectivity index (χ3n) is 6.77. The molecule has 0 bridgehead atoms. The molecule has 4 rings (SSSR count). The zero-order valence-corrected chi connectivity index (χ0v) is 17.5. The molecule has 1 aromatic carbocycles. The summed E-state index contributed by atoms with van der Waals surface area (Å²) >= 11 is 0. The minimum Gasteiger partial charge on any atom is -0.349 e. The van der Waals surface area contributed by atoms with Crippen molar-refractivity contribution in [2.45, 2.75) is 51.0 Å². The van der Waals surface area contributed by atoms with Gasteiger partial charge in [0.05, 0.1) is 11.8 Å². The summed E-state index contributed by atoms with van der Waals surface area (Å²) in [7, 11) is 0. The van der Waals surface area contributed by atoms with Crippen molar-refractivity contribution >= 4 is 23.6 Å². The number of likely N-dealkylation sites (tertiary alicyclic amines) is 2. The van der Waals surface area contributed by atoms with Crippen molar-refractivity contribution in [3.8, 4) is 0 Å². The topological polar surface area (TPSA) is 86.8 Å². The van der Waals surface area contributed by atoms with Crippen LogP contribution in [0.25, 0.3) is 0 Å². The molecule has 1 N–H and O–H groups in total. The minimum absolute atomic E-state index is 0.0496. The molecule has 166 valence electrons. The Morgan fingerprint density at radius 1 is 0.935 bits per heavy atom. The molecule has 0 radical (unpaired) electrons. The molecule has 2 saturated heterocycles. The van der Waals surface area contributed by atoms with Crippen LogP contribution < -0.4 is 5.32 Å². The van der Waals surface area contributed by atoms with Crippen molar-refractivity contribution in [1.82, 2.24) is 15.1 Å². The van der Waals surface area contributed by atoms with Gasteiger partial charge in [0.1, 0.15) is 5.82 Å². The van der Waals surface area contributed by atoms with Crippen LogP contribution in [0, 0.1) is 17.7 Å². The first kappa shape index (κ1) is 21.5. The Morgan fingerprint density at radius 3 is 2.10 bits per heavy atom. The second-order valence-corrected chi connectivity index (χ2v) is 8.71. The lowest BCUT2D eigenvalue weighted by Gasteiger charge is -2.32. The van der Waals surface area contributed by atoms with Gasteiger partial charge in [0.2, 0.25) is 17.7 Å². The number of amides is 4. The summed E-state index contributed by atoms with van der Waals surface area (Å²) in [6, 6.07) is 5.34. The quantitative estimate of drug-likeness (QED) is 0.727. The first-order valence-corrected chi connectivity index (χ1v) is 11.1. The second kappa shape index (κ2) is 9.16. The van der Waals surface area contributed by atoms with E-state index in [-0.39, 0.29) is 60.3 Å². The van der Waals surface area contributed by atoms with Crippen LogP contribution in [-0.4, -0.2) is 59.1 Å². The Labute approximate surface area is 180 Å². The normalized spacial score (nSPS) is 24.3. The fourth-order valence-electron chi connectivity index (χ4n) is 4.96. The number of hydrogen-bond donors (Lipinski definition) is 1. The van der Waals surface area contributed by atoms with Crippen molar-refractivity contribution in [3.05, 3.63) is 35.6 Å². The van der Waals surface area contributed by atoms with Crippen molar-refractivity contribution < 1.29 is 23.6 Å². The molecule has 2 aliphatic heterocycles. The number of nitrogens with zero attached hydrogens (tertiary/aromatic N) is 2. The Hall–Kier alpha value is -2.77. The van der Waals surface area contributed by atoms with Crippen LogP contribution in [0.15, 0.2) is 24.3 Å². The number of carbonyl (C=O) groups excluding carboxylic acids is 4. The van der Waals surface area contributed by atoms with E-state index in [4.69, 9.17) is 0 Å². The van der Waals surface area contributed by atoms with Gasteiger partial charge < -0.3 is 10.2 Å². The summed E-state index contributed by atoms with van der Waals surface area (Å²) in [4.78, 5) is 53.0. The summed E-state index contributed by atoms with van der Waals surface area (Å²) in [6.45, 7) is 1.19. The third-order valence-corrected chi connectivity index (χ3v) is 6.77. The molecule has 4 amide bonds. The lowest BCUT2D eigenvalue weighted by atomic mass is 9.81. The number of piperidine rings is 1. The van der Waals surface area contributed by atoms with Gasteiger partial charge in [-0.05, 0) is 49.9 Å². The highest BCUT2D eigenvalue weighted by molar-refractivity contribution is 6.05. The maximum Gasteiger partial charge on any atom is 0.251 e. The smallest absolute Gasteiger partial charge is 0.251 e. The van der Waals surface area contributed by atoms with Gasteiger partial charge in [0, 0.05) is 37.7 Å². The summed E-state index contributed by atoms with van der Waals surface area (Å²) in [6.07, 6.45) is 4.92. The SMILES string of the molecule is O=C(NC1CCN(C(=O)CCN2C(=O)C3CCCCC3C2=O)CC1)c1ccc(F)cc1. The van der Waals surface area contributed by atoms with E-state index in [0.717, 1.165) is 25.7 Å². The monoisotopic (exact) mass is 429 g/mol. The van der Waals surface area contributed by atoms with Gasteiger partial charge in [-0.3, -0.25) is 24.1 Å². The van der Waals surface area contributed by atoms with Gasteiger partial charge >= 0.3 is 0 Å². The maximum atomic E-state index is 13.0. The average Bonchev–Trinajstić information content (AvgIpc) is 3.03. The molecule has 1 saturated carbocycles. The number of fused-ring (bicyclic) bond motifs is 1. The van der Waals surface area contributed by atoms with Crippen molar-refractivity contribution in [3.63, 3.8) is 0 Å². The lowest BCUT2D eigenvalue weighted by Crippen LogP contribution is -2.47. The van der Waals surface area contributed by atoms with Crippen LogP contribution in [0.5, 0.6) is 0 Å². The third kappa shape index (κ3) is 4.62. The van der Waals surface area contributed by atoms with Gasteiger partial charge in [-0.25, -0.2) is 4.39 Å². The van der Waals surface area contributed by atoms with Gasteiger partial charge in [-0.1, -0.05) is 12.8 Å². The molecule has 3 aliphatic rings. The predicted octanol–water partition coefficient (Wildman–Crippen LogP) is 2.11. The van der Waals surface area contributed by atoms with Gasteiger partial charge in [-0.2, -0.15) is 0 Å². The fourth-order valence-corrected chi connectivity index (χ4v) is 4.96. The van der Waals surface area contributed by atoms with E-state index in [2.05, 4.69) is 5.32 Å². The van der Waals surface area contributed by atoms with E-state index in [1.54, 1.807) is 4.90 Å². The number of carbonyl (C=O) groups is 4. The van der Waals surface area contributed by atoms with Gasteiger partial charge in [0.25, 0.3) is 5.91 Å². The minimum atomic E-state index is -0.389. The lowest BCUT2D eigenvalue weighted by molar-refractivity contribution is -0.141. The summed E-state index contributed by atoms with van der Waals surface area (Å²) in [5.41, 5.74) is 0.403. The first-order valence-electron chi connectivity index (χ1n) is 11.1. The highest BCUT2D eigenvalue weighted by Gasteiger charge is 2.47. The Balaban J connectivity index is 1.22. The van der Waals surface area contributed by atoms with Gasteiger partial charge in [-0.15, -0.1) is 0 Å². The van der Waals surface area contributed by atoms with E-state index >= 15 is 0 Å². The number of hydrogen-bond acceptors (Lipinski definition) is 4. The number of nitrogens with one attached hydrogen (secondary N) is 1. The average molecular weight is 429 g/mol. The van der Waals surface area contributed by atoms with Crippen molar-refractivity contribution in [2.75, 3.05) is 19.6 Å². The predicted molar refractivity (Wildman–Crippen MR) is 110 cm³/mol. The summed E-state index contributed by atoms with van der Waals surface area (Å²) < 4.78 is 13.0. The number of imide groups is 1. The molecular formula is C23H28FN3O4. The van der Waals surface area contributed by atoms with E-state index in [0.29, 0.717) is 31.5 Å². The Bertz CT molecular complexity index is 840. The zero-order valence-electron chi connectivity index (χ0n) is 17.5. The number of benzene rings is 1. The highest BCUT2D eigenvalue weighted by atomic mass is 19.1. The summed E-state index contributed by atoms with van der Waals surface area (Å²) in [5.74, 6) is -1.29. The maximum absolute atomic E-state index is 13.0. The van der Waals surface area contributed by atoms with E-state index in [1.807, 2.05) is 0 Å². The number of halogens is 1. The molecule has 2 atom stereocenters.